The van der Waals surface area contributed by atoms with E-state index in [2.05, 4.69) is 5.32 Å². The molecule has 1 amide bonds. The number of aryl methyl sites for hydroxylation is 1. The molecule has 2 aromatic rings. The highest BCUT2D eigenvalue weighted by atomic mass is 32.2. The molecule has 2 atom stereocenters. The number of ether oxygens (including phenoxy) is 2. The van der Waals surface area contributed by atoms with Crippen LogP contribution in [0.2, 0.25) is 0 Å². The Balaban J connectivity index is 1.50. The van der Waals surface area contributed by atoms with Gasteiger partial charge in [-0.2, -0.15) is 4.31 Å². The maximum absolute atomic E-state index is 13.3. The number of amides is 1. The summed E-state index contributed by atoms with van der Waals surface area (Å²) in [5, 5.41) is 3.18. The monoisotopic (exact) mass is 472 g/mol. The zero-order valence-electron chi connectivity index (χ0n) is 19.6. The Morgan fingerprint density at radius 1 is 1.18 bits per heavy atom. The van der Waals surface area contributed by atoms with Gasteiger partial charge >= 0.3 is 0 Å². The van der Waals surface area contributed by atoms with Crippen LogP contribution < -0.4 is 14.8 Å². The van der Waals surface area contributed by atoms with Crippen molar-refractivity contribution in [3.05, 3.63) is 53.6 Å². The van der Waals surface area contributed by atoms with E-state index in [0.717, 1.165) is 11.1 Å². The topological polar surface area (TPSA) is 84.9 Å². The highest BCUT2D eigenvalue weighted by Gasteiger charge is 2.38. The molecule has 7 nitrogen and oxygen atoms in total. The number of carbonyl (C=O) groups is 1. The minimum atomic E-state index is -3.63. The van der Waals surface area contributed by atoms with Crippen molar-refractivity contribution in [2.45, 2.75) is 56.6 Å². The molecule has 2 heterocycles. The van der Waals surface area contributed by atoms with Gasteiger partial charge in [-0.15, -0.1) is 0 Å². The molecule has 0 unspecified atom stereocenters. The molecule has 0 spiro atoms. The summed E-state index contributed by atoms with van der Waals surface area (Å²) in [7, 11) is -2.03. The molecular formula is C25H32N2O5S. The van der Waals surface area contributed by atoms with Crippen molar-refractivity contribution in [2.75, 3.05) is 20.2 Å². The zero-order valence-corrected chi connectivity index (χ0v) is 20.4. The molecule has 4 rings (SSSR count). The fourth-order valence-electron chi connectivity index (χ4n) is 4.61. The lowest BCUT2D eigenvalue weighted by Gasteiger charge is -2.39. The van der Waals surface area contributed by atoms with E-state index in [4.69, 9.17) is 9.47 Å². The first-order chi connectivity index (χ1) is 15.6. The van der Waals surface area contributed by atoms with E-state index in [1.165, 1.54) is 4.31 Å². The van der Waals surface area contributed by atoms with Gasteiger partial charge in [0.05, 0.1) is 24.0 Å². The van der Waals surface area contributed by atoms with Crippen molar-refractivity contribution < 1.29 is 22.7 Å². The number of benzene rings is 2. The van der Waals surface area contributed by atoms with Crippen molar-refractivity contribution in [1.29, 1.82) is 0 Å². The number of nitrogens with one attached hydrogen (secondary N) is 1. The second-order valence-corrected chi connectivity index (χ2v) is 11.5. The van der Waals surface area contributed by atoms with Crippen molar-refractivity contribution in [3.63, 3.8) is 0 Å². The standard InChI is InChI=1S/C25H32N2O5S/c1-17-7-10-20(11-8-17)33(29,30)27-13-5-6-18(16-27)24(28)26-22-15-25(2,3)32-23-14-19(31-4)9-12-21(22)23/h7-12,14,18,22H,5-6,13,15-16H2,1-4H3,(H,26,28)/t18-,22-/m1/s1. The third-order valence-corrected chi connectivity index (χ3v) is 8.29. The number of sulfonamides is 1. The number of rotatable bonds is 5. The maximum atomic E-state index is 13.3. The summed E-state index contributed by atoms with van der Waals surface area (Å²) < 4.78 is 39.1. The highest BCUT2D eigenvalue weighted by Crippen LogP contribution is 2.41. The molecule has 0 aromatic heterocycles. The quantitative estimate of drug-likeness (QED) is 0.715. The van der Waals surface area contributed by atoms with Crippen LogP contribution in [0, 0.1) is 12.8 Å². The van der Waals surface area contributed by atoms with Crippen molar-refractivity contribution in [1.82, 2.24) is 9.62 Å². The molecule has 0 saturated carbocycles. The minimum absolute atomic E-state index is 0.122. The lowest BCUT2D eigenvalue weighted by Crippen LogP contribution is -2.48. The van der Waals surface area contributed by atoms with Crippen LogP contribution in [0.4, 0.5) is 0 Å². The van der Waals surface area contributed by atoms with Gasteiger partial charge in [0.1, 0.15) is 17.1 Å². The van der Waals surface area contributed by atoms with Crippen molar-refractivity contribution in [2.24, 2.45) is 5.92 Å². The van der Waals surface area contributed by atoms with Crippen molar-refractivity contribution in [3.8, 4) is 11.5 Å². The van der Waals surface area contributed by atoms with E-state index in [0.29, 0.717) is 37.3 Å². The Bertz CT molecular complexity index is 1130. The number of carbonyl (C=O) groups excluding carboxylic acids is 1. The maximum Gasteiger partial charge on any atom is 0.243 e. The normalized spacial score (nSPS) is 22.7. The number of fused-ring (bicyclic) bond motifs is 1. The van der Waals surface area contributed by atoms with Gasteiger partial charge in [-0.25, -0.2) is 8.42 Å². The Morgan fingerprint density at radius 2 is 1.91 bits per heavy atom. The number of hydrogen-bond acceptors (Lipinski definition) is 5. The molecule has 8 heteroatoms. The molecule has 178 valence electrons. The van der Waals surface area contributed by atoms with Gasteiger partial charge in [0.25, 0.3) is 0 Å². The summed E-state index contributed by atoms with van der Waals surface area (Å²) in [4.78, 5) is 13.5. The molecule has 0 bridgehead atoms. The zero-order chi connectivity index (χ0) is 23.8. The first-order valence-corrected chi connectivity index (χ1v) is 12.8. The number of hydrogen-bond donors (Lipinski definition) is 1. The highest BCUT2D eigenvalue weighted by molar-refractivity contribution is 7.89. The van der Waals surface area contributed by atoms with Gasteiger partial charge in [0, 0.05) is 31.1 Å². The average molecular weight is 473 g/mol. The first-order valence-electron chi connectivity index (χ1n) is 11.3. The van der Waals surface area contributed by atoms with E-state index < -0.39 is 21.5 Å². The fraction of sp³-hybridized carbons (Fsp3) is 0.480. The Labute approximate surface area is 196 Å². The molecule has 2 aliphatic heterocycles. The molecule has 2 aliphatic rings. The third kappa shape index (κ3) is 5.01. The summed E-state index contributed by atoms with van der Waals surface area (Å²) in [5.74, 6) is 0.874. The summed E-state index contributed by atoms with van der Waals surface area (Å²) in [6.07, 6.45) is 1.93. The van der Waals surface area contributed by atoms with E-state index in [1.807, 2.05) is 39.0 Å². The smallest absolute Gasteiger partial charge is 0.243 e. The summed E-state index contributed by atoms with van der Waals surface area (Å²) in [5.41, 5.74) is 1.45. The van der Waals surface area contributed by atoms with E-state index in [1.54, 1.807) is 31.4 Å². The molecule has 1 saturated heterocycles. The number of nitrogens with zero attached hydrogens (tertiary/aromatic N) is 1. The number of piperidine rings is 1. The van der Waals surface area contributed by atoms with Gasteiger partial charge in [-0.3, -0.25) is 4.79 Å². The Kier molecular flexibility index (Phi) is 6.42. The molecule has 1 N–H and O–H groups in total. The van der Waals surface area contributed by atoms with Gasteiger partial charge < -0.3 is 14.8 Å². The van der Waals surface area contributed by atoms with Crippen LogP contribution in [0.25, 0.3) is 0 Å². The van der Waals surface area contributed by atoms with Crippen molar-refractivity contribution >= 4 is 15.9 Å². The molecule has 2 aromatic carbocycles. The Morgan fingerprint density at radius 3 is 2.61 bits per heavy atom. The Hall–Kier alpha value is -2.58. The molecule has 0 aliphatic carbocycles. The summed E-state index contributed by atoms with van der Waals surface area (Å²) in [6.45, 7) is 6.51. The summed E-state index contributed by atoms with van der Waals surface area (Å²) in [6, 6.07) is 12.2. The minimum Gasteiger partial charge on any atom is -0.497 e. The van der Waals surface area contributed by atoms with Crippen LogP contribution in [0.3, 0.4) is 0 Å². The third-order valence-electron chi connectivity index (χ3n) is 6.41. The van der Waals surface area contributed by atoms with Crippen LogP contribution in [-0.4, -0.2) is 44.4 Å². The fourth-order valence-corrected chi connectivity index (χ4v) is 6.14. The van der Waals surface area contributed by atoms with E-state index >= 15 is 0 Å². The van der Waals surface area contributed by atoms with Crippen LogP contribution >= 0.6 is 0 Å². The second-order valence-electron chi connectivity index (χ2n) is 9.55. The van der Waals surface area contributed by atoms with Gasteiger partial charge in [0.15, 0.2) is 0 Å². The SMILES string of the molecule is COc1ccc2c(c1)OC(C)(C)C[C@H]2NC(=O)[C@@H]1CCCN(S(=O)(=O)c2ccc(C)cc2)C1. The first kappa shape index (κ1) is 23.6. The lowest BCUT2D eigenvalue weighted by atomic mass is 9.88. The largest absolute Gasteiger partial charge is 0.497 e. The van der Waals surface area contributed by atoms with Gasteiger partial charge in [0.2, 0.25) is 15.9 Å². The number of methoxy groups -OCH3 is 1. The van der Waals surface area contributed by atoms with E-state index in [-0.39, 0.29) is 23.4 Å². The van der Waals surface area contributed by atoms with Gasteiger partial charge in [-0.05, 0) is 57.9 Å². The van der Waals surface area contributed by atoms with Crippen LogP contribution in [-0.2, 0) is 14.8 Å². The molecule has 0 radical (unpaired) electrons. The molecule has 1 fully saturated rings. The predicted octanol–water partition coefficient (Wildman–Crippen LogP) is 3.82. The van der Waals surface area contributed by atoms with Crippen LogP contribution in [0.15, 0.2) is 47.4 Å². The molecule has 33 heavy (non-hydrogen) atoms. The van der Waals surface area contributed by atoms with Gasteiger partial charge in [-0.1, -0.05) is 17.7 Å². The van der Waals surface area contributed by atoms with Crippen LogP contribution in [0.1, 0.15) is 50.3 Å². The van der Waals surface area contributed by atoms with E-state index in [9.17, 15) is 13.2 Å². The van der Waals surface area contributed by atoms with Crippen LogP contribution in [0.5, 0.6) is 11.5 Å². The predicted molar refractivity (Wildman–Crippen MR) is 126 cm³/mol. The molecular weight excluding hydrogens is 440 g/mol. The average Bonchev–Trinajstić information content (AvgIpc) is 2.78. The summed E-state index contributed by atoms with van der Waals surface area (Å²) >= 11 is 0. The lowest BCUT2D eigenvalue weighted by molar-refractivity contribution is -0.127. The second kappa shape index (κ2) is 8.99.